The van der Waals surface area contributed by atoms with Gasteiger partial charge in [-0.1, -0.05) is 18.7 Å². The lowest BCUT2D eigenvalue weighted by atomic mass is 9.98. The van der Waals surface area contributed by atoms with Crippen LogP contribution in [0.15, 0.2) is 41.4 Å². The van der Waals surface area contributed by atoms with E-state index in [2.05, 4.69) is 22.9 Å². The van der Waals surface area contributed by atoms with Gasteiger partial charge in [0.1, 0.15) is 5.57 Å². The highest BCUT2D eigenvalue weighted by Crippen LogP contribution is 2.30. The first-order valence-corrected chi connectivity index (χ1v) is 11.5. The molecule has 2 atom stereocenters. The number of carbonyl (C=O) groups is 2. The van der Waals surface area contributed by atoms with Crippen molar-refractivity contribution in [2.24, 2.45) is 5.92 Å². The van der Waals surface area contributed by atoms with Gasteiger partial charge in [-0.2, -0.15) is 13.2 Å². The minimum Gasteiger partial charge on any atom is -0.381 e. The second kappa shape index (κ2) is 13.4. The van der Waals surface area contributed by atoms with E-state index in [0.29, 0.717) is 39.1 Å². The number of alkyl halides is 3. The maximum Gasteiger partial charge on any atom is 0.423 e. The Labute approximate surface area is 198 Å². The van der Waals surface area contributed by atoms with Crippen molar-refractivity contribution in [3.05, 3.63) is 41.4 Å². The molecule has 2 aliphatic rings. The minimum atomic E-state index is -4.85. The zero-order valence-corrected chi connectivity index (χ0v) is 19.8. The summed E-state index contributed by atoms with van der Waals surface area (Å²) in [4.78, 5) is 26.5. The van der Waals surface area contributed by atoms with Crippen molar-refractivity contribution >= 4 is 11.8 Å². The highest BCUT2D eigenvalue weighted by atomic mass is 19.4. The molecular formula is C24H34F3N3O4. The number of halogens is 3. The molecule has 0 unspecified atom stereocenters. The third-order valence-electron chi connectivity index (χ3n) is 5.60. The Morgan fingerprint density at radius 1 is 1.47 bits per heavy atom. The quantitative estimate of drug-likeness (QED) is 0.238. The summed E-state index contributed by atoms with van der Waals surface area (Å²) in [7, 11) is 0. The van der Waals surface area contributed by atoms with E-state index < -0.39 is 23.7 Å². The molecule has 2 N–H and O–H groups in total. The zero-order valence-electron chi connectivity index (χ0n) is 19.8. The van der Waals surface area contributed by atoms with Crippen LogP contribution in [0.25, 0.3) is 0 Å². The maximum absolute atomic E-state index is 13.7. The molecule has 0 aromatic heterocycles. The molecule has 0 bridgehead atoms. The fourth-order valence-electron chi connectivity index (χ4n) is 3.81. The van der Waals surface area contributed by atoms with Crippen LogP contribution in [-0.4, -0.2) is 68.4 Å². The molecule has 0 aromatic carbocycles. The lowest BCUT2D eigenvalue weighted by Gasteiger charge is -2.27. The summed E-state index contributed by atoms with van der Waals surface area (Å²) >= 11 is 0. The Morgan fingerprint density at radius 2 is 2.24 bits per heavy atom. The van der Waals surface area contributed by atoms with E-state index in [-0.39, 0.29) is 42.9 Å². The summed E-state index contributed by atoms with van der Waals surface area (Å²) < 4.78 is 52.2. The number of nitrogens with zero attached hydrogens (tertiary/aromatic N) is 1. The lowest BCUT2D eigenvalue weighted by molar-refractivity contribution is -0.133. The molecule has 1 saturated heterocycles. The van der Waals surface area contributed by atoms with Crippen molar-refractivity contribution in [1.29, 1.82) is 0 Å². The van der Waals surface area contributed by atoms with Crippen molar-refractivity contribution in [1.82, 2.24) is 15.5 Å². The standard InChI is InChI=1S/C24H34F3N3O4/c1-4-6-12-30(11-5-2)21(31)10-14-34-16-20(18-9-13-33-15-18)29-19-8-7-17(3)28-23(32)22(19)24(25,26)27/h4,8,18,20,29H,1,5-6,9-16H2,2-3H3,(H,28,32)/t18-,20-/m0/s1. The third kappa shape index (κ3) is 8.34. The summed E-state index contributed by atoms with van der Waals surface area (Å²) in [6.45, 7) is 9.44. The Hall–Kier alpha value is -2.55. The van der Waals surface area contributed by atoms with Crippen LogP contribution >= 0.6 is 0 Å². The second-order valence-electron chi connectivity index (χ2n) is 8.31. The Morgan fingerprint density at radius 3 is 2.85 bits per heavy atom. The normalized spacial score (nSPS) is 19.4. The van der Waals surface area contributed by atoms with Crippen LogP contribution in [0.3, 0.4) is 0 Å². The number of allylic oxidation sites excluding steroid dienone is 1. The second-order valence-corrected chi connectivity index (χ2v) is 8.31. The van der Waals surface area contributed by atoms with Crippen molar-refractivity contribution in [2.45, 2.75) is 51.7 Å². The van der Waals surface area contributed by atoms with Crippen LogP contribution < -0.4 is 10.6 Å². The van der Waals surface area contributed by atoms with E-state index in [4.69, 9.17) is 9.47 Å². The largest absolute Gasteiger partial charge is 0.423 e. The summed E-state index contributed by atoms with van der Waals surface area (Å²) in [5, 5.41) is 5.05. The maximum atomic E-state index is 13.7. The molecule has 1 fully saturated rings. The summed E-state index contributed by atoms with van der Waals surface area (Å²) in [6, 6.07) is -0.540. The van der Waals surface area contributed by atoms with Gasteiger partial charge in [0, 0.05) is 31.7 Å². The van der Waals surface area contributed by atoms with Crippen LogP contribution in [0.4, 0.5) is 13.2 Å². The highest BCUT2D eigenvalue weighted by molar-refractivity contribution is 5.97. The van der Waals surface area contributed by atoms with Crippen molar-refractivity contribution in [3.63, 3.8) is 0 Å². The SMILES string of the molecule is C=CCCN(CCC)C(=O)CCOC[C@H](NC1=C(C(F)(F)F)C(=O)NC(C)=C=C1)[C@H]1CCOC1. The van der Waals surface area contributed by atoms with Gasteiger partial charge in [0.05, 0.1) is 43.7 Å². The molecule has 0 aliphatic carbocycles. The van der Waals surface area contributed by atoms with Crippen molar-refractivity contribution < 1.29 is 32.2 Å². The Bertz CT molecular complexity index is 826. The number of amides is 2. The Balaban J connectivity index is 2.08. The molecule has 2 heterocycles. The number of rotatable bonds is 13. The van der Waals surface area contributed by atoms with Gasteiger partial charge in [-0.15, -0.1) is 6.58 Å². The molecule has 2 aliphatic heterocycles. The van der Waals surface area contributed by atoms with E-state index in [1.165, 1.54) is 6.92 Å². The van der Waals surface area contributed by atoms with E-state index in [0.717, 1.165) is 12.5 Å². The van der Waals surface area contributed by atoms with Crippen molar-refractivity contribution in [2.75, 3.05) is 39.5 Å². The Kier molecular flexibility index (Phi) is 10.9. The van der Waals surface area contributed by atoms with Crippen LogP contribution in [0.2, 0.25) is 0 Å². The first-order chi connectivity index (χ1) is 16.2. The van der Waals surface area contributed by atoms with Crippen LogP contribution in [0.5, 0.6) is 0 Å². The molecule has 0 saturated carbocycles. The fraction of sp³-hybridized carbons (Fsp3) is 0.625. The van der Waals surface area contributed by atoms with E-state index >= 15 is 0 Å². The van der Waals surface area contributed by atoms with Crippen LogP contribution in [0, 0.1) is 5.92 Å². The van der Waals surface area contributed by atoms with Gasteiger partial charge in [0.2, 0.25) is 5.91 Å². The average Bonchev–Trinajstić information content (AvgIpc) is 3.25. The molecule has 0 aromatic rings. The predicted octanol–water partition coefficient (Wildman–Crippen LogP) is 3.21. The molecule has 34 heavy (non-hydrogen) atoms. The molecule has 10 heteroatoms. The number of nitrogens with one attached hydrogen (secondary N) is 2. The first-order valence-electron chi connectivity index (χ1n) is 11.5. The molecule has 0 radical (unpaired) electrons. The predicted molar refractivity (Wildman–Crippen MR) is 121 cm³/mol. The van der Waals surface area contributed by atoms with E-state index in [1.54, 1.807) is 11.0 Å². The smallest absolute Gasteiger partial charge is 0.381 e. The van der Waals surface area contributed by atoms with Gasteiger partial charge in [0.15, 0.2) is 0 Å². The lowest BCUT2D eigenvalue weighted by Crippen LogP contribution is -2.42. The van der Waals surface area contributed by atoms with Gasteiger partial charge in [0.25, 0.3) is 5.91 Å². The van der Waals surface area contributed by atoms with Gasteiger partial charge >= 0.3 is 6.18 Å². The molecule has 7 nitrogen and oxygen atoms in total. The summed E-state index contributed by atoms with van der Waals surface area (Å²) in [5.41, 5.74) is 1.17. The average molecular weight is 486 g/mol. The summed E-state index contributed by atoms with van der Waals surface area (Å²) in [5.74, 6) is -1.38. The van der Waals surface area contributed by atoms with Crippen LogP contribution in [-0.2, 0) is 19.1 Å². The third-order valence-corrected chi connectivity index (χ3v) is 5.60. The molecule has 2 rings (SSSR count). The van der Waals surface area contributed by atoms with Gasteiger partial charge in [-0.05, 0) is 26.2 Å². The fourth-order valence-corrected chi connectivity index (χ4v) is 3.81. The number of hydrogen-bond acceptors (Lipinski definition) is 5. The first kappa shape index (κ1) is 27.7. The van der Waals surface area contributed by atoms with E-state index in [1.807, 2.05) is 6.92 Å². The minimum absolute atomic E-state index is 0.0385. The van der Waals surface area contributed by atoms with Crippen LogP contribution in [0.1, 0.15) is 39.5 Å². The number of carbonyl (C=O) groups excluding carboxylic acids is 2. The highest BCUT2D eigenvalue weighted by Gasteiger charge is 2.42. The van der Waals surface area contributed by atoms with E-state index in [9.17, 15) is 22.8 Å². The number of ether oxygens (including phenoxy) is 2. The summed E-state index contributed by atoms with van der Waals surface area (Å²) in [6.07, 6.45) is 0.388. The monoisotopic (exact) mass is 485 g/mol. The number of hydrogen-bond donors (Lipinski definition) is 2. The molecule has 190 valence electrons. The topological polar surface area (TPSA) is 79.9 Å². The zero-order chi connectivity index (χ0) is 25.1. The molecular weight excluding hydrogens is 451 g/mol. The molecule has 0 spiro atoms. The molecule has 2 amide bonds. The van der Waals surface area contributed by atoms with Gasteiger partial charge < -0.3 is 25.0 Å². The van der Waals surface area contributed by atoms with Gasteiger partial charge in [-0.3, -0.25) is 9.59 Å². The van der Waals surface area contributed by atoms with Crippen molar-refractivity contribution in [3.8, 4) is 0 Å². The van der Waals surface area contributed by atoms with Gasteiger partial charge in [-0.25, -0.2) is 0 Å².